The summed E-state index contributed by atoms with van der Waals surface area (Å²) in [6.07, 6.45) is 1.51. The normalized spacial score (nSPS) is 10.9. The van der Waals surface area contributed by atoms with Crippen molar-refractivity contribution in [3.63, 3.8) is 0 Å². The first-order chi connectivity index (χ1) is 13.0. The summed E-state index contributed by atoms with van der Waals surface area (Å²) in [7, 11) is 1.56. The van der Waals surface area contributed by atoms with Gasteiger partial charge in [0.25, 0.3) is 0 Å². The molecule has 3 amide bonds. The number of hydrogen-bond acceptors (Lipinski definition) is 4. The molecule has 1 aromatic carbocycles. The third-order valence-electron chi connectivity index (χ3n) is 3.93. The van der Waals surface area contributed by atoms with E-state index >= 15 is 0 Å². The van der Waals surface area contributed by atoms with E-state index in [2.05, 4.69) is 15.6 Å². The van der Waals surface area contributed by atoms with Crippen LogP contribution in [0.25, 0.3) is 0 Å². The monoisotopic (exact) mass is 384 g/mol. The van der Waals surface area contributed by atoms with E-state index in [-0.39, 0.29) is 18.0 Å². The quantitative estimate of drug-likeness (QED) is 0.820. The van der Waals surface area contributed by atoms with Gasteiger partial charge in [-0.3, -0.25) is 4.79 Å². The predicted molar refractivity (Wildman–Crippen MR) is 110 cm³/mol. The van der Waals surface area contributed by atoms with Gasteiger partial charge in [-0.25, -0.2) is 9.78 Å². The molecule has 2 N–H and O–H groups in total. The molecule has 1 heterocycles. The zero-order chi connectivity index (χ0) is 20.9. The molecule has 0 aliphatic heterocycles. The Morgan fingerprint density at radius 1 is 1.11 bits per heavy atom. The Bertz CT molecular complexity index is 842. The molecule has 2 rings (SSSR count). The summed E-state index contributed by atoms with van der Waals surface area (Å²) in [5, 5.41) is 5.52. The second kappa shape index (κ2) is 8.73. The van der Waals surface area contributed by atoms with E-state index in [1.807, 2.05) is 52.8 Å². The van der Waals surface area contributed by atoms with Gasteiger partial charge in [-0.05, 0) is 63.9 Å². The van der Waals surface area contributed by atoms with Crippen molar-refractivity contribution in [3.8, 4) is 11.6 Å². The summed E-state index contributed by atoms with van der Waals surface area (Å²) < 4.78 is 5.73. The zero-order valence-electron chi connectivity index (χ0n) is 17.3. The summed E-state index contributed by atoms with van der Waals surface area (Å²) in [6, 6.07) is 8.81. The summed E-state index contributed by atoms with van der Waals surface area (Å²) in [4.78, 5) is 29.7. The van der Waals surface area contributed by atoms with Crippen molar-refractivity contribution in [2.45, 2.75) is 40.2 Å². The maximum Gasteiger partial charge on any atom is 0.322 e. The standard InChI is InChI=1S/C21H28N4O3/c1-14-7-9-17(11-15(14)2)28-19-10-8-16(12-22-19)23-20(27)25(6)13-18(26)24-21(3,4)5/h7-12H,13H2,1-6H3,(H,23,27)(H,24,26). The number of aryl methyl sites for hydroxylation is 2. The molecule has 28 heavy (non-hydrogen) atoms. The number of carbonyl (C=O) groups is 2. The smallest absolute Gasteiger partial charge is 0.322 e. The number of nitrogens with one attached hydrogen (secondary N) is 2. The number of carbonyl (C=O) groups excluding carboxylic acids is 2. The van der Waals surface area contributed by atoms with Crippen molar-refractivity contribution in [3.05, 3.63) is 47.7 Å². The van der Waals surface area contributed by atoms with E-state index in [1.54, 1.807) is 19.2 Å². The van der Waals surface area contributed by atoms with Crippen molar-refractivity contribution < 1.29 is 14.3 Å². The number of likely N-dealkylation sites (N-methyl/N-ethyl adjacent to an activating group) is 1. The minimum Gasteiger partial charge on any atom is -0.439 e. The lowest BCUT2D eigenvalue weighted by Gasteiger charge is -2.23. The molecule has 0 aliphatic carbocycles. The number of rotatable bonds is 5. The van der Waals surface area contributed by atoms with Crippen LogP contribution in [0.1, 0.15) is 31.9 Å². The number of anilines is 1. The minimum atomic E-state index is -0.395. The van der Waals surface area contributed by atoms with E-state index < -0.39 is 6.03 Å². The average Bonchev–Trinajstić information content (AvgIpc) is 2.58. The number of amides is 3. The molecule has 150 valence electrons. The molecular weight excluding hydrogens is 356 g/mol. The van der Waals surface area contributed by atoms with E-state index in [0.717, 1.165) is 5.56 Å². The van der Waals surface area contributed by atoms with Crippen LogP contribution in [-0.2, 0) is 4.79 Å². The molecule has 1 aromatic heterocycles. The van der Waals surface area contributed by atoms with Crippen LogP contribution in [0.2, 0.25) is 0 Å². The Morgan fingerprint density at radius 3 is 2.39 bits per heavy atom. The molecule has 0 unspecified atom stereocenters. The maximum atomic E-state index is 12.2. The SMILES string of the molecule is Cc1ccc(Oc2ccc(NC(=O)N(C)CC(=O)NC(C)(C)C)cn2)cc1C. The fourth-order valence-corrected chi connectivity index (χ4v) is 2.38. The molecule has 0 spiro atoms. The Kier molecular flexibility index (Phi) is 6.62. The maximum absolute atomic E-state index is 12.2. The van der Waals surface area contributed by atoms with Crippen LogP contribution in [0.4, 0.5) is 10.5 Å². The Morgan fingerprint density at radius 2 is 1.82 bits per heavy atom. The Balaban J connectivity index is 1.91. The summed E-state index contributed by atoms with van der Waals surface area (Å²) >= 11 is 0. The molecule has 0 atom stereocenters. The molecule has 0 bridgehead atoms. The second-order valence-corrected chi connectivity index (χ2v) is 7.82. The van der Waals surface area contributed by atoms with Crippen molar-refractivity contribution >= 4 is 17.6 Å². The highest BCUT2D eigenvalue weighted by atomic mass is 16.5. The number of nitrogens with zero attached hydrogens (tertiary/aromatic N) is 2. The lowest BCUT2D eigenvalue weighted by Crippen LogP contribution is -2.47. The molecule has 0 saturated carbocycles. The molecule has 7 heteroatoms. The first-order valence-electron chi connectivity index (χ1n) is 9.08. The van der Waals surface area contributed by atoms with E-state index in [1.165, 1.54) is 16.7 Å². The largest absolute Gasteiger partial charge is 0.439 e. The molecular formula is C21H28N4O3. The van der Waals surface area contributed by atoms with Crippen LogP contribution < -0.4 is 15.4 Å². The Labute approximate surface area is 166 Å². The highest BCUT2D eigenvalue weighted by Gasteiger charge is 2.18. The van der Waals surface area contributed by atoms with Crippen molar-refractivity contribution in [1.29, 1.82) is 0 Å². The van der Waals surface area contributed by atoms with Gasteiger partial charge in [0.15, 0.2) is 0 Å². The first-order valence-corrected chi connectivity index (χ1v) is 9.08. The fourth-order valence-electron chi connectivity index (χ4n) is 2.38. The highest BCUT2D eigenvalue weighted by Crippen LogP contribution is 2.23. The number of hydrogen-bond donors (Lipinski definition) is 2. The lowest BCUT2D eigenvalue weighted by molar-refractivity contribution is -0.122. The van der Waals surface area contributed by atoms with Crippen LogP contribution in [0.5, 0.6) is 11.6 Å². The van der Waals surface area contributed by atoms with Crippen molar-refractivity contribution in [2.24, 2.45) is 0 Å². The molecule has 0 fully saturated rings. The first kappa shape index (κ1) is 21.2. The van der Waals surface area contributed by atoms with Gasteiger partial charge < -0.3 is 20.3 Å². The molecule has 0 saturated heterocycles. The second-order valence-electron chi connectivity index (χ2n) is 7.82. The van der Waals surface area contributed by atoms with Gasteiger partial charge in [0, 0.05) is 18.7 Å². The number of pyridine rings is 1. The third kappa shape index (κ3) is 6.57. The third-order valence-corrected chi connectivity index (χ3v) is 3.93. The minimum absolute atomic E-state index is 0.0372. The van der Waals surface area contributed by atoms with E-state index in [0.29, 0.717) is 17.3 Å². The molecule has 2 aromatic rings. The number of urea groups is 1. The van der Waals surface area contributed by atoms with Crippen molar-refractivity contribution in [1.82, 2.24) is 15.2 Å². The van der Waals surface area contributed by atoms with Crippen LogP contribution >= 0.6 is 0 Å². The van der Waals surface area contributed by atoms with Crippen LogP contribution in [0.3, 0.4) is 0 Å². The van der Waals surface area contributed by atoms with Gasteiger partial charge in [0.2, 0.25) is 11.8 Å². The number of benzene rings is 1. The molecule has 0 aliphatic rings. The summed E-state index contributed by atoms with van der Waals surface area (Å²) in [5.74, 6) is 0.913. The predicted octanol–water partition coefficient (Wildman–Crippen LogP) is 3.87. The molecule has 0 radical (unpaired) electrons. The van der Waals surface area contributed by atoms with E-state index in [9.17, 15) is 9.59 Å². The zero-order valence-corrected chi connectivity index (χ0v) is 17.3. The average molecular weight is 384 g/mol. The van der Waals surface area contributed by atoms with Gasteiger partial charge in [0.1, 0.15) is 12.3 Å². The van der Waals surface area contributed by atoms with Crippen LogP contribution in [0.15, 0.2) is 36.5 Å². The van der Waals surface area contributed by atoms with Gasteiger partial charge in [-0.15, -0.1) is 0 Å². The van der Waals surface area contributed by atoms with Gasteiger partial charge >= 0.3 is 6.03 Å². The fraction of sp³-hybridized carbons (Fsp3) is 0.381. The van der Waals surface area contributed by atoms with E-state index in [4.69, 9.17) is 4.74 Å². The summed E-state index contributed by atoms with van der Waals surface area (Å²) in [6.45, 7) is 9.68. The Hall–Kier alpha value is -3.09. The topological polar surface area (TPSA) is 83.6 Å². The van der Waals surface area contributed by atoms with Crippen LogP contribution in [0, 0.1) is 13.8 Å². The van der Waals surface area contributed by atoms with Crippen LogP contribution in [-0.4, -0.2) is 41.0 Å². The number of ether oxygens (including phenoxy) is 1. The lowest BCUT2D eigenvalue weighted by atomic mass is 10.1. The van der Waals surface area contributed by atoms with Gasteiger partial charge in [0.05, 0.1) is 11.9 Å². The van der Waals surface area contributed by atoms with Gasteiger partial charge in [-0.1, -0.05) is 6.07 Å². The number of aromatic nitrogens is 1. The molecule has 7 nitrogen and oxygen atoms in total. The van der Waals surface area contributed by atoms with Crippen molar-refractivity contribution in [2.75, 3.05) is 18.9 Å². The summed E-state index contributed by atoms with van der Waals surface area (Å²) in [5.41, 5.74) is 2.50. The highest BCUT2D eigenvalue weighted by molar-refractivity contribution is 5.92. The van der Waals surface area contributed by atoms with Gasteiger partial charge in [-0.2, -0.15) is 0 Å².